The average molecular weight is 209 g/mol. The van der Waals surface area contributed by atoms with Crippen LogP contribution in [0.3, 0.4) is 0 Å². The smallest absolute Gasteiger partial charge is 0.293 e. The fourth-order valence-electron chi connectivity index (χ4n) is 1.63. The predicted octanol–water partition coefficient (Wildman–Crippen LogP) is -0.453. The lowest BCUT2D eigenvalue weighted by atomic mass is 10.1. The zero-order valence-corrected chi connectivity index (χ0v) is 8.95. The lowest BCUT2D eigenvalue weighted by Gasteiger charge is -2.36. The molecule has 1 saturated heterocycles. The second kappa shape index (κ2) is 3.98. The largest absolute Gasteiger partial charge is 0.331 e. The van der Waals surface area contributed by atoms with Gasteiger partial charge in [0.25, 0.3) is 5.91 Å². The van der Waals surface area contributed by atoms with Crippen molar-refractivity contribution in [2.24, 2.45) is 0 Å². The molecule has 1 fully saturated rings. The van der Waals surface area contributed by atoms with E-state index in [0.29, 0.717) is 18.4 Å². The maximum Gasteiger partial charge on any atom is 0.293 e. The van der Waals surface area contributed by atoms with E-state index >= 15 is 0 Å². The van der Waals surface area contributed by atoms with Crippen LogP contribution in [0.2, 0.25) is 0 Å². The molecule has 0 bridgehead atoms. The molecule has 15 heavy (non-hydrogen) atoms. The van der Waals surface area contributed by atoms with Crippen molar-refractivity contribution in [1.29, 1.82) is 0 Å². The summed E-state index contributed by atoms with van der Waals surface area (Å²) in [6, 6.07) is 0.293. The van der Waals surface area contributed by atoms with Gasteiger partial charge in [-0.05, 0) is 13.8 Å². The lowest BCUT2D eigenvalue weighted by Crippen LogP contribution is -2.58. The second-order valence-electron chi connectivity index (χ2n) is 3.65. The number of amides is 1. The zero-order chi connectivity index (χ0) is 10.8. The molecule has 0 unspecified atom stereocenters. The number of aromatic amines is 1. The average Bonchev–Trinajstić information content (AvgIpc) is 2.57. The number of hydrogen-bond donors (Lipinski definition) is 2. The summed E-state index contributed by atoms with van der Waals surface area (Å²) < 4.78 is 0. The molecular weight excluding hydrogens is 194 g/mol. The quantitative estimate of drug-likeness (QED) is 0.707. The van der Waals surface area contributed by atoms with Gasteiger partial charge in [-0.2, -0.15) is 0 Å². The van der Waals surface area contributed by atoms with Gasteiger partial charge in [0, 0.05) is 19.6 Å². The van der Waals surface area contributed by atoms with Crippen LogP contribution in [0.25, 0.3) is 0 Å². The van der Waals surface area contributed by atoms with Crippen LogP contribution < -0.4 is 5.32 Å². The first-order valence-electron chi connectivity index (χ1n) is 5.13. The molecule has 0 radical (unpaired) electrons. The molecule has 0 saturated carbocycles. The van der Waals surface area contributed by atoms with E-state index < -0.39 is 0 Å². The highest BCUT2D eigenvalue weighted by Crippen LogP contribution is 2.08. The van der Waals surface area contributed by atoms with E-state index in [-0.39, 0.29) is 11.7 Å². The van der Waals surface area contributed by atoms with Crippen molar-refractivity contribution in [2.45, 2.75) is 19.9 Å². The summed E-state index contributed by atoms with van der Waals surface area (Å²) in [7, 11) is 0. The molecule has 1 aliphatic heterocycles. The zero-order valence-electron chi connectivity index (χ0n) is 8.95. The highest BCUT2D eigenvalue weighted by Gasteiger charge is 2.29. The molecule has 82 valence electrons. The van der Waals surface area contributed by atoms with Gasteiger partial charge < -0.3 is 10.2 Å². The minimum Gasteiger partial charge on any atom is -0.331 e. The monoisotopic (exact) mass is 209 g/mol. The third-order valence-electron chi connectivity index (χ3n) is 2.59. The number of H-pyrrole nitrogens is 1. The molecule has 6 heteroatoms. The molecule has 1 aromatic heterocycles. The molecule has 0 atom stereocenters. The van der Waals surface area contributed by atoms with Crippen LogP contribution in [0.1, 0.15) is 23.4 Å². The molecule has 6 nitrogen and oxygen atoms in total. The highest BCUT2D eigenvalue weighted by atomic mass is 16.2. The van der Waals surface area contributed by atoms with E-state index in [1.54, 1.807) is 11.8 Å². The summed E-state index contributed by atoms with van der Waals surface area (Å²) in [6.07, 6.45) is 0. The molecule has 0 aromatic carbocycles. The van der Waals surface area contributed by atoms with Crippen molar-refractivity contribution >= 4 is 5.91 Å². The normalized spacial score (nSPS) is 16.1. The molecular formula is C9H15N5O. The predicted molar refractivity (Wildman–Crippen MR) is 54.5 cm³/mol. The van der Waals surface area contributed by atoms with Gasteiger partial charge in [0.2, 0.25) is 5.82 Å². The molecule has 0 spiro atoms. The molecule has 2 N–H and O–H groups in total. The summed E-state index contributed by atoms with van der Waals surface area (Å²) in [6.45, 7) is 6.17. The van der Waals surface area contributed by atoms with Crippen LogP contribution >= 0.6 is 0 Å². The van der Waals surface area contributed by atoms with Crippen LogP contribution in [0.4, 0.5) is 0 Å². The Labute approximate surface area is 88.1 Å². The van der Waals surface area contributed by atoms with Gasteiger partial charge in [0.05, 0.1) is 6.04 Å². The van der Waals surface area contributed by atoms with Crippen molar-refractivity contribution in [3.05, 3.63) is 11.6 Å². The van der Waals surface area contributed by atoms with Gasteiger partial charge in [0.1, 0.15) is 5.82 Å². The molecule has 2 rings (SSSR count). The Hall–Kier alpha value is -1.43. The number of hydrogen-bond acceptors (Lipinski definition) is 4. The first-order chi connectivity index (χ1) is 7.22. The molecule has 2 heterocycles. The van der Waals surface area contributed by atoms with Gasteiger partial charge in [0.15, 0.2) is 0 Å². The summed E-state index contributed by atoms with van der Waals surface area (Å²) in [4.78, 5) is 17.8. The van der Waals surface area contributed by atoms with E-state index in [1.807, 2.05) is 6.92 Å². The Morgan fingerprint density at radius 3 is 2.73 bits per heavy atom. The van der Waals surface area contributed by atoms with Crippen molar-refractivity contribution < 1.29 is 4.79 Å². The van der Waals surface area contributed by atoms with E-state index in [2.05, 4.69) is 20.5 Å². The minimum atomic E-state index is -0.0895. The lowest BCUT2D eigenvalue weighted by molar-refractivity contribution is 0.0618. The highest BCUT2D eigenvalue weighted by molar-refractivity contribution is 5.90. The van der Waals surface area contributed by atoms with Crippen molar-refractivity contribution in [3.63, 3.8) is 0 Å². The summed E-state index contributed by atoms with van der Waals surface area (Å²) in [5.41, 5.74) is 0. The van der Waals surface area contributed by atoms with Gasteiger partial charge >= 0.3 is 0 Å². The van der Waals surface area contributed by atoms with Crippen LogP contribution in [0, 0.1) is 6.92 Å². The number of nitrogens with zero attached hydrogens (tertiary/aromatic N) is 3. The van der Waals surface area contributed by atoms with E-state index in [9.17, 15) is 4.79 Å². The number of aromatic nitrogens is 3. The maximum absolute atomic E-state index is 12.0. The Kier molecular flexibility index (Phi) is 2.68. The number of carbonyl (C=O) groups excluding carboxylic acids is 1. The summed E-state index contributed by atoms with van der Waals surface area (Å²) >= 11 is 0. The molecule has 1 aromatic rings. The number of carbonyl (C=O) groups is 1. The molecule has 0 aliphatic carbocycles. The first-order valence-corrected chi connectivity index (χ1v) is 5.13. The third kappa shape index (κ3) is 1.85. The van der Waals surface area contributed by atoms with Gasteiger partial charge in [-0.15, -0.1) is 5.10 Å². The fraction of sp³-hybridized carbons (Fsp3) is 0.667. The number of rotatable bonds is 3. The summed E-state index contributed by atoms with van der Waals surface area (Å²) in [5, 5.41) is 9.70. The standard InChI is InChI=1S/C9H15N5O/c1-3-14(7-4-10-5-7)9(15)8-11-6(2)12-13-8/h7,10H,3-5H2,1-2H3,(H,11,12,13). The van der Waals surface area contributed by atoms with E-state index in [4.69, 9.17) is 0 Å². The Bertz CT molecular complexity index is 357. The summed E-state index contributed by atoms with van der Waals surface area (Å²) in [5.74, 6) is 0.843. The van der Waals surface area contributed by atoms with Crippen LogP contribution in [0.15, 0.2) is 0 Å². The number of likely N-dealkylation sites (N-methyl/N-ethyl adjacent to an activating group) is 1. The number of aryl methyl sites for hydroxylation is 1. The maximum atomic E-state index is 12.0. The van der Waals surface area contributed by atoms with Crippen LogP contribution in [-0.4, -0.2) is 51.7 Å². The third-order valence-corrected chi connectivity index (χ3v) is 2.59. The molecule has 1 amide bonds. The fourth-order valence-corrected chi connectivity index (χ4v) is 1.63. The van der Waals surface area contributed by atoms with Gasteiger partial charge in [-0.1, -0.05) is 0 Å². The SMILES string of the molecule is CCN(C(=O)c1n[nH]c(C)n1)C1CNC1. The van der Waals surface area contributed by atoms with Crippen molar-refractivity contribution in [3.8, 4) is 0 Å². The van der Waals surface area contributed by atoms with E-state index in [0.717, 1.165) is 13.1 Å². The minimum absolute atomic E-state index is 0.0895. The topological polar surface area (TPSA) is 73.9 Å². The Morgan fingerprint density at radius 1 is 1.60 bits per heavy atom. The van der Waals surface area contributed by atoms with Gasteiger partial charge in [-0.25, -0.2) is 4.98 Å². The Morgan fingerprint density at radius 2 is 2.33 bits per heavy atom. The second-order valence-corrected chi connectivity index (χ2v) is 3.65. The van der Waals surface area contributed by atoms with Gasteiger partial charge in [-0.3, -0.25) is 9.89 Å². The van der Waals surface area contributed by atoms with E-state index in [1.165, 1.54) is 0 Å². The van der Waals surface area contributed by atoms with Crippen molar-refractivity contribution in [2.75, 3.05) is 19.6 Å². The number of nitrogens with one attached hydrogen (secondary N) is 2. The first kappa shape index (κ1) is 10.1. The van der Waals surface area contributed by atoms with Crippen molar-refractivity contribution in [1.82, 2.24) is 25.4 Å². The Balaban J connectivity index is 2.10. The van der Waals surface area contributed by atoms with Crippen LogP contribution in [-0.2, 0) is 0 Å². The molecule has 1 aliphatic rings. The van der Waals surface area contributed by atoms with Crippen LogP contribution in [0.5, 0.6) is 0 Å².